The van der Waals surface area contributed by atoms with Gasteiger partial charge in [0.15, 0.2) is 5.75 Å². The summed E-state index contributed by atoms with van der Waals surface area (Å²) in [6.45, 7) is 0. The van der Waals surface area contributed by atoms with Gasteiger partial charge in [0.1, 0.15) is 41.1 Å². The van der Waals surface area contributed by atoms with E-state index in [2.05, 4.69) is 44.7 Å². The molecule has 396 valence electrons. The number of amides is 2. The normalized spacial score (nSPS) is 11.8. The van der Waals surface area contributed by atoms with Crippen LogP contribution in [0.15, 0.2) is 177 Å². The summed E-state index contributed by atoms with van der Waals surface area (Å²) in [5.41, 5.74) is -8.15. The van der Waals surface area contributed by atoms with Crippen molar-refractivity contribution in [3.05, 3.63) is 188 Å². The van der Waals surface area contributed by atoms with Gasteiger partial charge in [0.05, 0.1) is 11.9 Å². The maximum absolute atomic E-state index is 12.8. The number of alkyl halides is 6. The number of sulfonamides is 2. The molecule has 9 aromatic rings. The highest BCUT2D eigenvalue weighted by atomic mass is 32.3. The number of benzene rings is 5. The fourth-order valence-corrected chi connectivity index (χ4v) is 9.98. The number of aromatic nitrogens is 6. The van der Waals surface area contributed by atoms with Crippen LogP contribution < -0.4 is 18.5 Å². The number of carbonyl (C=O) groups excluding carboxylic acids is 2. The fourth-order valence-electron chi connectivity index (χ4n) is 6.75. The minimum Gasteiger partial charge on any atom is -0.506 e. The van der Waals surface area contributed by atoms with E-state index in [-0.39, 0.29) is 22.6 Å². The number of pyridine rings is 2. The summed E-state index contributed by atoms with van der Waals surface area (Å²) in [7, 11) is -16.5. The Morgan fingerprint density at radius 2 is 1.00 bits per heavy atom. The van der Waals surface area contributed by atoms with Crippen molar-refractivity contribution in [3.8, 4) is 33.8 Å². The predicted octanol–water partition coefficient (Wildman–Crippen LogP) is 9.12. The highest BCUT2D eigenvalue weighted by Gasteiger charge is 2.53. The molecule has 3 N–H and O–H groups in total. The van der Waals surface area contributed by atoms with E-state index in [0.717, 1.165) is 41.0 Å². The van der Waals surface area contributed by atoms with Crippen molar-refractivity contribution in [2.45, 2.75) is 11.0 Å². The molecule has 0 spiro atoms. The van der Waals surface area contributed by atoms with E-state index < -0.39 is 62.2 Å². The SMILES string of the molecule is CS(=O)(=O)N(c1ccccc1)S(=O)(=O)C(F)(F)F.O=C(Nc1ccccn1)c1ccc(-c2cc(O)c3ncncc3c2)cc1.O=C(Nc1ccccn1)c1ccc(-c2cc(OS(=O)(=O)C(F)(F)F)c3ncncc3c2)cc1. The van der Waals surface area contributed by atoms with E-state index in [4.69, 9.17) is 0 Å². The number of aromatic hydroxyl groups is 1. The van der Waals surface area contributed by atoms with Crippen molar-refractivity contribution in [1.82, 2.24) is 29.9 Å². The first kappa shape index (κ1) is 55.6. The van der Waals surface area contributed by atoms with Crippen LogP contribution in [0.4, 0.5) is 43.7 Å². The van der Waals surface area contributed by atoms with Crippen LogP contribution in [0.5, 0.6) is 11.5 Å². The lowest BCUT2D eigenvalue weighted by Crippen LogP contribution is -2.44. The summed E-state index contributed by atoms with van der Waals surface area (Å²) in [6.07, 6.45) is 8.95. The molecular weight excluding hydrogens is 1080 g/mol. The van der Waals surface area contributed by atoms with E-state index in [1.807, 2.05) is 24.3 Å². The average Bonchev–Trinajstić information content (AvgIpc) is 3.41. The van der Waals surface area contributed by atoms with Gasteiger partial charge in [-0.15, -0.1) is 0 Å². The summed E-state index contributed by atoms with van der Waals surface area (Å²) in [5.74, 6) is -0.275. The molecule has 19 nitrogen and oxygen atoms in total. The minimum absolute atomic E-state index is 0.0943. The molecule has 0 unspecified atom stereocenters. The molecule has 9 rings (SSSR count). The first-order valence-corrected chi connectivity index (χ1v) is 26.2. The van der Waals surface area contributed by atoms with Gasteiger partial charge < -0.3 is 19.9 Å². The van der Waals surface area contributed by atoms with E-state index in [9.17, 15) is 66.3 Å². The van der Waals surface area contributed by atoms with Crippen molar-refractivity contribution in [2.24, 2.45) is 0 Å². The largest absolute Gasteiger partial charge is 0.534 e. The number of nitrogens with zero attached hydrogens (tertiary/aromatic N) is 7. The molecule has 0 atom stereocenters. The first-order chi connectivity index (χ1) is 36.3. The number of hydrogen-bond donors (Lipinski definition) is 3. The molecule has 0 aliphatic heterocycles. The fraction of sp³-hybridized carbons (Fsp3) is 0.0612. The third kappa shape index (κ3) is 13.6. The number of hydrogen-bond acceptors (Lipinski definition) is 16. The van der Waals surface area contributed by atoms with Crippen LogP contribution >= 0.6 is 0 Å². The molecule has 0 bridgehead atoms. The van der Waals surface area contributed by atoms with Crippen LogP contribution in [0.3, 0.4) is 0 Å². The van der Waals surface area contributed by atoms with Crippen molar-refractivity contribution in [2.75, 3.05) is 20.6 Å². The number of phenols is 1. The van der Waals surface area contributed by atoms with Gasteiger partial charge >= 0.3 is 31.2 Å². The quantitative estimate of drug-likeness (QED) is 0.0619. The first-order valence-electron chi connectivity index (χ1n) is 21.5. The Labute approximate surface area is 433 Å². The Hall–Kier alpha value is -9.15. The van der Waals surface area contributed by atoms with Gasteiger partial charge in [0.25, 0.3) is 11.8 Å². The van der Waals surface area contributed by atoms with E-state index in [1.54, 1.807) is 79.1 Å². The number of fused-ring (bicyclic) bond motifs is 2. The van der Waals surface area contributed by atoms with Crippen molar-refractivity contribution >= 4 is 81.1 Å². The lowest BCUT2D eigenvalue weighted by Gasteiger charge is -2.22. The maximum Gasteiger partial charge on any atom is 0.534 e. The second-order valence-corrected chi connectivity index (χ2v) is 21.0. The highest BCUT2D eigenvalue weighted by Crippen LogP contribution is 2.36. The number of para-hydroxylation sites is 1. The number of anilines is 3. The molecule has 0 saturated carbocycles. The number of phenolic OH excluding ortho intramolecular Hbond substituents is 1. The Bertz CT molecular complexity index is 3930. The lowest BCUT2D eigenvalue weighted by atomic mass is 10.0. The number of carbonyl (C=O) groups is 2. The molecule has 0 aliphatic carbocycles. The van der Waals surface area contributed by atoms with E-state index in [0.29, 0.717) is 45.7 Å². The Morgan fingerprint density at radius 1 is 0.545 bits per heavy atom. The van der Waals surface area contributed by atoms with Gasteiger partial charge in [-0.2, -0.15) is 46.9 Å². The van der Waals surface area contributed by atoms with Gasteiger partial charge in [-0.3, -0.25) is 9.59 Å². The van der Waals surface area contributed by atoms with Crippen LogP contribution in [0.2, 0.25) is 0 Å². The molecule has 4 aromatic heterocycles. The van der Waals surface area contributed by atoms with Crippen LogP contribution in [0.1, 0.15) is 20.7 Å². The zero-order chi connectivity index (χ0) is 55.8. The van der Waals surface area contributed by atoms with Crippen molar-refractivity contribution < 1.29 is 70.5 Å². The Morgan fingerprint density at radius 3 is 1.44 bits per heavy atom. The van der Waals surface area contributed by atoms with E-state index in [1.165, 1.54) is 49.1 Å². The molecule has 0 aliphatic rings. The molecule has 77 heavy (non-hydrogen) atoms. The number of nitrogens with one attached hydrogen (secondary N) is 2. The van der Waals surface area contributed by atoms with Gasteiger partial charge in [0, 0.05) is 46.7 Å². The summed E-state index contributed by atoms with van der Waals surface area (Å²) < 4.78 is 147. The van der Waals surface area contributed by atoms with Crippen LogP contribution in [0, 0.1) is 0 Å². The van der Waals surface area contributed by atoms with Crippen molar-refractivity contribution in [1.29, 1.82) is 0 Å². The Kier molecular flexibility index (Phi) is 16.4. The summed E-state index contributed by atoms with van der Waals surface area (Å²) in [5, 5.41) is 16.5. The highest BCUT2D eigenvalue weighted by molar-refractivity contribution is 8.10. The second-order valence-electron chi connectivity index (χ2n) is 15.6. The molecule has 2 amide bonds. The van der Waals surface area contributed by atoms with Gasteiger partial charge in [-0.05, 0) is 107 Å². The summed E-state index contributed by atoms with van der Waals surface area (Å²) in [6, 6.07) is 35.6. The zero-order valence-electron chi connectivity index (χ0n) is 39.0. The molecule has 5 aromatic carbocycles. The predicted molar refractivity (Wildman–Crippen MR) is 270 cm³/mol. The Balaban J connectivity index is 0.000000176. The number of rotatable bonds is 11. The molecule has 28 heteroatoms. The number of halogens is 6. The monoisotopic (exact) mass is 1120 g/mol. The second kappa shape index (κ2) is 22.8. The maximum atomic E-state index is 12.8. The minimum atomic E-state index is -6.00. The van der Waals surface area contributed by atoms with Gasteiger partial charge in [-0.1, -0.05) is 54.6 Å². The van der Waals surface area contributed by atoms with Crippen LogP contribution in [0.25, 0.3) is 44.1 Å². The third-order valence-electron chi connectivity index (χ3n) is 10.2. The van der Waals surface area contributed by atoms with Crippen LogP contribution in [-0.2, 0) is 30.2 Å². The molecule has 4 heterocycles. The zero-order valence-corrected chi connectivity index (χ0v) is 41.4. The molecule has 0 fully saturated rings. The smallest absolute Gasteiger partial charge is 0.506 e. The average molecular weight is 1120 g/mol. The topological polar surface area (TPSA) is 271 Å². The molecular formula is C49H35F6N9O10S3. The van der Waals surface area contributed by atoms with Gasteiger partial charge in [0.2, 0.25) is 10.0 Å². The van der Waals surface area contributed by atoms with Crippen molar-refractivity contribution in [3.63, 3.8) is 0 Å². The third-order valence-corrected chi connectivity index (χ3v) is 14.6. The van der Waals surface area contributed by atoms with Crippen LogP contribution in [-0.4, -0.2) is 89.4 Å². The molecule has 0 radical (unpaired) electrons. The standard InChI is InChI=1S/C21H13F3N4O4S.C20H14N4O2.C8H8F3NO4S2/c22-21(23,24)33(30,31)32-17-10-15(9-16-11-25-12-27-19(16)17)13-4-6-14(7-5-13)20(29)28-18-3-1-2-8-26-18;25-17-10-15(9-16-11-21-12-23-19(16)17)13-4-6-14(7-5-13)20(26)24-18-3-1-2-8-22-18;1-17(13,14)12(7-5-3-2-4-6-7)18(15,16)8(9,10)11/h1-12H,(H,26,28,29);1-12,25H,(H,22,24,26);2-6H,1H3. The summed E-state index contributed by atoms with van der Waals surface area (Å²) in [4.78, 5) is 48.5. The molecule has 0 saturated heterocycles. The van der Waals surface area contributed by atoms with Gasteiger partial charge in [-0.25, -0.2) is 38.3 Å². The van der Waals surface area contributed by atoms with E-state index >= 15 is 0 Å². The lowest BCUT2D eigenvalue weighted by molar-refractivity contribution is -0.0500. The summed E-state index contributed by atoms with van der Waals surface area (Å²) >= 11 is 0.